The third-order valence-electron chi connectivity index (χ3n) is 5.47. The molecule has 0 aliphatic carbocycles. The number of fused-ring (bicyclic) bond motifs is 1. The van der Waals surface area contributed by atoms with E-state index in [9.17, 15) is 0 Å². The molecule has 174 valence electrons. The predicted molar refractivity (Wildman–Crippen MR) is 145 cm³/mol. The monoisotopic (exact) mass is 557 g/mol. The van der Waals surface area contributed by atoms with Crippen LogP contribution >= 0.6 is 24.0 Å². The van der Waals surface area contributed by atoms with E-state index in [1.54, 1.807) is 6.33 Å². The largest absolute Gasteiger partial charge is 0.356 e. The van der Waals surface area contributed by atoms with Crippen molar-refractivity contribution in [1.82, 2.24) is 30.0 Å². The Hall–Kier alpha value is -2.88. The lowest BCUT2D eigenvalue weighted by Gasteiger charge is -2.14. The van der Waals surface area contributed by atoms with Crippen LogP contribution in [-0.4, -0.2) is 38.4 Å². The number of aliphatic imine (C=N–C) groups is 1. The molecule has 4 rings (SSSR count). The number of aromatic nitrogens is 4. The molecule has 0 aliphatic rings. The SMILES string of the molecule is CCc1nncn1CCNC(=NCc1ccccc1)NCCCn1ccc2ccccc21.I. The molecule has 0 saturated carbocycles. The number of hydrogen-bond acceptors (Lipinski definition) is 3. The summed E-state index contributed by atoms with van der Waals surface area (Å²) < 4.78 is 4.39. The summed E-state index contributed by atoms with van der Waals surface area (Å²) in [7, 11) is 0. The maximum atomic E-state index is 4.79. The zero-order valence-electron chi connectivity index (χ0n) is 19.0. The van der Waals surface area contributed by atoms with E-state index in [1.807, 2.05) is 18.2 Å². The van der Waals surface area contributed by atoms with Gasteiger partial charge in [-0.25, -0.2) is 4.99 Å². The highest BCUT2D eigenvalue weighted by Gasteiger charge is 2.04. The van der Waals surface area contributed by atoms with Crippen LogP contribution in [0.15, 0.2) is 78.2 Å². The molecule has 0 fully saturated rings. The van der Waals surface area contributed by atoms with Gasteiger partial charge in [-0.2, -0.15) is 0 Å². The topological polar surface area (TPSA) is 72.1 Å². The summed E-state index contributed by atoms with van der Waals surface area (Å²) in [5, 5.41) is 16.4. The number of aryl methyl sites for hydroxylation is 2. The van der Waals surface area contributed by atoms with Crippen molar-refractivity contribution < 1.29 is 0 Å². The Labute approximate surface area is 212 Å². The van der Waals surface area contributed by atoms with Gasteiger partial charge in [0.2, 0.25) is 0 Å². The molecule has 2 N–H and O–H groups in total. The second kappa shape index (κ2) is 13.0. The van der Waals surface area contributed by atoms with Crippen molar-refractivity contribution in [1.29, 1.82) is 0 Å². The Morgan fingerprint density at radius 2 is 1.70 bits per heavy atom. The molecule has 8 heteroatoms. The minimum atomic E-state index is 0. The van der Waals surface area contributed by atoms with Gasteiger partial charge in [0.25, 0.3) is 0 Å². The van der Waals surface area contributed by atoms with Crippen molar-refractivity contribution in [2.24, 2.45) is 4.99 Å². The number of halogens is 1. The molecule has 0 bridgehead atoms. The molecule has 0 atom stereocenters. The van der Waals surface area contributed by atoms with Crippen LogP contribution < -0.4 is 10.6 Å². The standard InChI is InChI=1S/C25H31N7.HI/c1-2-24-30-29-20-32(24)18-15-27-25(28-19-21-9-4-3-5-10-21)26-14-8-16-31-17-13-22-11-6-7-12-23(22)31;/h3-7,9-13,17,20H,2,8,14-16,18-19H2,1H3,(H2,26,27,28);1H. The van der Waals surface area contributed by atoms with E-state index in [1.165, 1.54) is 16.5 Å². The molecule has 0 saturated heterocycles. The fourth-order valence-electron chi connectivity index (χ4n) is 3.75. The van der Waals surface area contributed by atoms with Crippen molar-refractivity contribution in [3.05, 3.63) is 84.6 Å². The lowest BCUT2D eigenvalue weighted by Crippen LogP contribution is -2.39. The normalized spacial score (nSPS) is 11.4. The van der Waals surface area contributed by atoms with Gasteiger partial charge in [-0.1, -0.05) is 55.5 Å². The number of para-hydroxylation sites is 1. The fourth-order valence-corrected chi connectivity index (χ4v) is 3.75. The van der Waals surface area contributed by atoms with Crippen LogP contribution in [0.25, 0.3) is 10.9 Å². The first-order chi connectivity index (χ1) is 15.8. The highest BCUT2D eigenvalue weighted by atomic mass is 127. The molecule has 0 amide bonds. The molecule has 7 nitrogen and oxygen atoms in total. The molecule has 4 aromatic rings. The van der Waals surface area contributed by atoms with Crippen LogP contribution in [0.4, 0.5) is 0 Å². The third-order valence-corrected chi connectivity index (χ3v) is 5.47. The Morgan fingerprint density at radius 1 is 0.909 bits per heavy atom. The number of nitrogens with zero attached hydrogens (tertiary/aromatic N) is 5. The average Bonchev–Trinajstić information content (AvgIpc) is 3.47. The van der Waals surface area contributed by atoms with Gasteiger partial charge >= 0.3 is 0 Å². The fraction of sp³-hybridized carbons (Fsp3) is 0.320. The number of rotatable bonds is 10. The molecule has 0 spiro atoms. The molecule has 33 heavy (non-hydrogen) atoms. The predicted octanol–water partition coefficient (Wildman–Crippen LogP) is 4.24. The lowest BCUT2D eigenvalue weighted by atomic mass is 10.2. The number of hydrogen-bond donors (Lipinski definition) is 2. The van der Waals surface area contributed by atoms with Crippen LogP contribution in [-0.2, 0) is 26.1 Å². The maximum Gasteiger partial charge on any atom is 0.191 e. The molecule has 0 unspecified atom stereocenters. The smallest absolute Gasteiger partial charge is 0.191 e. The maximum absolute atomic E-state index is 4.79. The summed E-state index contributed by atoms with van der Waals surface area (Å²) in [6, 6.07) is 21.0. The molecule has 0 radical (unpaired) electrons. The van der Waals surface area contributed by atoms with Crippen molar-refractivity contribution >= 4 is 40.8 Å². The van der Waals surface area contributed by atoms with Crippen LogP contribution in [0.5, 0.6) is 0 Å². The highest BCUT2D eigenvalue weighted by molar-refractivity contribution is 14.0. The summed E-state index contributed by atoms with van der Waals surface area (Å²) in [4.78, 5) is 4.79. The molecule has 2 aromatic carbocycles. The molecular formula is C25H32IN7. The second-order valence-electron chi connectivity index (χ2n) is 7.72. The third kappa shape index (κ3) is 7.05. The van der Waals surface area contributed by atoms with Gasteiger partial charge in [-0.3, -0.25) is 0 Å². The summed E-state index contributed by atoms with van der Waals surface area (Å²) in [5.74, 6) is 1.83. The molecule has 0 aliphatic heterocycles. The first-order valence-corrected chi connectivity index (χ1v) is 11.3. The van der Waals surface area contributed by atoms with Crippen molar-refractivity contribution in [3.8, 4) is 0 Å². The van der Waals surface area contributed by atoms with Gasteiger partial charge in [-0.05, 0) is 29.5 Å². The minimum Gasteiger partial charge on any atom is -0.356 e. The van der Waals surface area contributed by atoms with Gasteiger partial charge in [0.1, 0.15) is 12.2 Å². The highest BCUT2D eigenvalue weighted by Crippen LogP contribution is 2.15. The van der Waals surface area contributed by atoms with Gasteiger partial charge in [-0.15, -0.1) is 34.2 Å². The van der Waals surface area contributed by atoms with Crippen molar-refractivity contribution in [3.63, 3.8) is 0 Å². The van der Waals surface area contributed by atoms with Crippen LogP contribution in [0.2, 0.25) is 0 Å². The Bertz CT molecular complexity index is 1130. The summed E-state index contributed by atoms with van der Waals surface area (Å²) in [5.41, 5.74) is 2.48. The van der Waals surface area contributed by atoms with Crippen molar-refractivity contribution in [2.75, 3.05) is 13.1 Å². The van der Waals surface area contributed by atoms with E-state index >= 15 is 0 Å². The Morgan fingerprint density at radius 3 is 2.55 bits per heavy atom. The molecule has 2 aromatic heterocycles. The summed E-state index contributed by atoms with van der Waals surface area (Å²) in [6.45, 7) is 6.11. The van der Waals surface area contributed by atoms with E-state index < -0.39 is 0 Å². The first-order valence-electron chi connectivity index (χ1n) is 11.3. The van der Waals surface area contributed by atoms with Crippen LogP contribution in [0.1, 0.15) is 24.7 Å². The minimum absolute atomic E-state index is 0. The van der Waals surface area contributed by atoms with Crippen molar-refractivity contribution in [2.45, 2.75) is 39.4 Å². The van der Waals surface area contributed by atoms with E-state index in [0.717, 1.165) is 50.8 Å². The van der Waals surface area contributed by atoms with E-state index in [2.05, 4.69) is 85.6 Å². The van der Waals surface area contributed by atoms with Gasteiger partial charge in [0.05, 0.1) is 6.54 Å². The van der Waals surface area contributed by atoms with E-state index in [4.69, 9.17) is 4.99 Å². The Kier molecular flexibility index (Phi) is 9.74. The van der Waals surface area contributed by atoms with E-state index in [-0.39, 0.29) is 24.0 Å². The van der Waals surface area contributed by atoms with Crippen LogP contribution in [0, 0.1) is 0 Å². The quantitative estimate of drug-likeness (QED) is 0.133. The summed E-state index contributed by atoms with van der Waals surface area (Å²) in [6.07, 6.45) is 5.84. The number of nitrogens with one attached hydrogen (secondary N) is 2. The lowest BCUT2D eigenvalue weighted by molar-refractivity contribution is 0.617. The van der Waals surface area contributed by atoms with E-state index in [0.29, 0.717) is 6.54 Å². The number of guanidine groups is 1. The van der Waals surface area contributed by atoms with Gasteiger partial charge in [0, 0.05) is 44.3 Å². The number of benzene rings is 2. The van der Waals surface area contributed by atoms with Crippen LogP contribution in [0.3, 0.4) is 0 Å². The first kappa shape index (κ1) is 24.8. The molecule has 2 heterocycles. The second-order valence-corrected chi connectivity index (χ2v) is 7.72. The zero-order valence-corrected chi connectivity index (χ0v) is 21.4. The molecular weight excluding hydrogens is 525 g/mol. The Balaban J connectivity index is 0.00000306. The summed E-state index contributed by atoms with van der Waals surface area (Å²) >= 11 is 0. The van der Waals surface area contributed by atoms with Gasteiger partial charge in [0.15, 0.2) is 5.96 Å². The van der Waals surface area contributed by atoms with Gasteiger partial charge < -0.3 is 19.8 Å². The average molecular weight is 557 g/mol. The zero-order chi connectivity index (χ0) is 22.0.